The summed E-state index contributed by atoms with van der Waals surface area (Å²) in [6.07, 6.45) is 0.143. The molecule has 0 radical (unpaired) electrons. The Bertz CT molecular complexity index is 715. The minimum absolute atomic E-state index is 0.143. The van der Waals surface area contributed by atoms with Crippen LogP contribution >= 0.6 is 0 Å². The van der Waals surface area contributed by atoms with Crippen LogP contribution in [0.4, 0.5) is 0 Å². The molecular formula is C21H25NO5. The molecule has 1 amide bonds. The zero-order valence-electron chi connectivity index (χ0n) is 15.7. The number of carbonyl (C=O) groups excluding carboxylic acids is 2. The van der Waals surface area contributed by atoms with Crippen molar-refractivity contribution in [1.29, 1.82) is 0 Å². The molecule has 6 heteroatoms. The van der Waals surface area contributed by atoms with E-state index in [4.69, 9.17) is 9.47 Å². The number of amides is 1. The summed E-state index contributed by atoms with van der Waals surface area (Å²) >= 11 is 0. The molecule has 2 aromatic carbocycles. The SMILES string of the molecule is COCCN(CCC(=O)OC)C(=O)c1ccc(OCc2ccccc2)cc1. The number of carbonyl (C=O) groups is 2. The second kappa shape index (κ2) is 11.0. The highest BCUT2D eigenvalue weighted by atomic mass is 16.5. The Kier molecular flexibility index (Phi) is 8.32. The molecule has 0 aromatic heterocycles. The molecule has 0 aliphatic rings. The van der Waals surface area contributed by atoms with Crippen molar-refractivity contribution in [2.45, 2.75) is 13.0 Å². The molecule has 0 aliphatic carbocycles. The van der Waals surface area contributed by atoms with Gasteiger partial charge < -0.3 is 19.1 Å². The summed E-state index contributed by atoms with van der Waals surface area (Å²) in [6, 6.07) is 16.9. The summed E-state index contributed by atoms with van der Waals surface area (Å²) in [5.41, 5.74) is 1.61. The number of nitrogens with zero attached hydrogens (tertiary/aromatic N) is 1. The number of rotatable bonds is 10. The highest BCUT2D eigenvalue weighted by Gasteiger charge is 2.17. The average molecular weight is 371 g/mol. The number of esters is 1. The number of hydrogen-bond donors (Lipinski definition) is 0. The minimum atomic E-state index is -0.352. The van der Waals surface area contributed by atoms with E-state index in [2.05, 4.69) is 4.74 Å². The smallest absolute Gasteiger partial charge is 0.307 e. The lowest BCUT2D eigenvalue weighted by molar-refractivity contribution is -0.140. The van der Waals surface area contributed by atoms with E-state index in [0.717, 1.165) is 5.56 Å². The van der Waals surface area contributed by atoms with Crippen molar-refractivity contribution < 1.29 is 23.8 Å². The van der Waals surface area contributed by atoms with Crippen molar-refractivity contribution >= 4 is 11.9 Å². The zero-order valence-corrected chi connectivity index (χ0v) is 15.7. The van der Waals surface area contributed by atoms with Gasteiger partial charge in [0.15, 0.2) is 0 Å². The summed E-state index contributed by atoms with van der Waals surface area (Å²) in [4.78, 5) is 25.7. The maximum Gasteiger partial charge on any atom is 0.307 e. The third-order valence-electron chi connectivity index (χ3n) is 4.02. The molecule has 2 aromatic rings. The van der Waals surface area contributed by atoms with Gasteiger partial charge in [0, 0.05) is 25.8 Å². The van der Waals surface area contributed by atoms with Crippen molar-refractivity contribution in [2.75, 3.05) is 33.9 Å². The molecule has 0 bridgehead atoms. The molecule has 0 N–H and O–H groups in total. The highest BCUT2D eigenvalue weighted by molar-refractivity contribution is 5.94. The van der Waals surface area contributed by atoms with Crippen LogP contribution in [0.3, 0.4) is 0 Å². The molecule has 0 aliphatic heterocycles. The fraction of sp³-hybridized carbons (Fsp3) is 0.333. The number of benzene rings is 2. The largest absolute Gasteiger partial charge is 0.489 e. The van der Waals surface area contributed by atoms with Crippen LogP contribution in [0.2, 0.25) is 0 Å². The van der Waals surface area contributed by atoms with Gasteiger partial charge in [-0.1, -0.05) is 30.3 Å². The molecule has 0 atom stereocenters. The van der Waals surface area contributed by atoms with E-state index >= 15 is 0 Å². The first-order valence-electron chi connectivity index (χ1n) is 8.76. The Labute approximate surface area is 159 Å². The molecule has 0 saturated carbocycles. The topological polar surface area (TPSA) is 65.1 Å². The average Bonchev–Trinajstić information content (AvgIpc) is 2.72. The van der Waals surface area contributed by atoms with Crippen LogP contribution in [0.1, 0.15) is 22.3 Å². The molecule has 0 saturated heterocycles. The summed E-state index contributed by atoms with van der Waals surface area (Å²) in [5.74, 6) is 0.175. The molecule has 0 heterocycles. The molecular weight excluding hydrogens is 346 g/mol. The van der Waals surface area contributed by atoms with Crippen molar-refractivity contribution in [3.63, 3.8) is 0 Å². The van der Waals surface area contributed by atoms with Crippen molar-refractivity contribution in [2.24, 2.45) is 0 Å². The van der Waals surface area contributed by atoms with E-state index < -0.39 is 0 Å². The first-order valence-corrected chi connectivity index (χ1v) is 8.76. The first kappa shape index (κ1) is 20.5. The summed E-state index contributed by atoms with van der Waals surface area (Å²) in [6.45, 7) is 1.54. The Morgan fingerprint density at radius 3 is 2.26 bits per heavy atom. The highest BCUT2D eigenvalue weighted by Crippen LogP contribution is 2.16. The van der Waals surface area contributed by atoms with Gasteiger partial charge in [-0.25, -0.2) is 0 Å². The van der Waals surface area contributed by atoms with Crippen LogP contribution in [-0.2, 0) is 20.9 Å². The zero-order chi connectivity index (χ0) is 19.5. The van der Waals surface area contributed by atoms with Crippen LogP contribution < -0.4 is 4.74 Å². The molecule has 144 valence electrons. The number of ether oxygens (including phenoxy) is 3. The Balaban J connectivity index is 1.96. The standard InChI is InChI=1S/C21H25NO5/c1-25-15-14-22(13-12-20(23)26-2)21(24)18-8-10-19(11-9-18)27-16-17-6-4-3-5-7-17/h3-11H,12-16H2,1-2H3. The maximum atomic E-state index is 12.7. The van der Waals surface area contributed by atoms with Gasteiger partial charge in [0.2, 0.25) is 0 Å². The van der Waals surface area contributed by atoms with Crippen LogP contribution in [-0.4, -0.2) is 50.7 Å². The van der Waals surface area contributed by atoms with Gasteiger partial charge in [0.25, 0.3) is 5.91 Å². The molecule has 27 heavy (non-hydrogen) atoms. The fourth-order valence-electron chi connectivity index (χ4n) is 2.46. The first-order chi connectivity index (χ1) is 13.1. The lowest BCUT2D eigenvalue weighted by Gasteiger charge is -2.22. The van der Waals surface area contributed by atoms with Gasteiger partial charge in [0.05, 0.1) is 20.1 Å². The molecule has 0 fully saturated rings. The molecule has 6 nitrogen and oxygen atoms in total. The third kappa shape index (κ3) is 6.75. The predicted molar refractivity (Wildman–Crippen MR) is 102 cm³/mol. The Morgan fingerprint density at radius 2 is 1.63 bits per heavy atom. The Morgan fingerprint density at radius 1 is 0.926 bits per heavy atom. The van der Waals surface area contributed by atoms with Gasteiger partial charge in [-0.2, -0.15) is 0 Å². The van der Waals surface area contributed by atoms with E-state index in [9.17, 15) is 9.59 Å². The van der Waals surface area contributed by atoms with Crippen molar-refractivity contribution in [1.82, 2.24) is 4.90 Å². The van der Waals surface area contributed by atoms with Gasteiger partial charge in [-0.05, 0) is 29.8 Å². The Hall–Kier alpha value is -2.86. The van der Waals surface area contributed by atoms with Crippen LogP contribution in [0.5, 0.6) is 5.75 Å². The van der Waals surface area contributed by atoms with Gasteiger partial charge in [-0.15, -0.1) is 0 Å². The van der Waals surface area contributed by atoms with Gasteiger partial charge in [0.1, 0.15) is 12.4 Å². The maximum absolute atomic E-state index is 12.7. The van der Waals surface area contributed by atoms with Gasteiger partial charge >= 0.3 is 5.97 Å². The van der Waals surface area contributed by atoms with Crippen molar-refractivity contribution in [3.05, 3.63) is 65.7 Å². The minimum Gasteiger partial charge on any atom is -0.489 e. The monoisotopic (exact) mass is 371 g/mol. The van der Waals surface area contributed by atoms with Crippen LogP contribution in [0.25, 0.3) is 0 Å². The van der Waals surface area contributed by atoms with Crippen molar-refractivity contribution in [3.8, 4) is 5.75 Å². The summed E-state index contributed by atoms with van der Waals surface area (Å²) in [5, 5.41) is 0. The predicted octanol–water partition coefficient (Wildman–Crippen LogP) is 2.92. The van der Waals surface area contributed by atoms with Crippen LogP contribution in [0, 0.1) is 0 Å². The quantitative estimate of drug-likeness (QED) is 0.601. The van der Waals surface area contributed by atoms with Crippen LogP contribution in [0.15, 0.2) is 54.6 Å². The van der Waals surface area contributed by atoms with Gasteiger partial charge in [-0.3, -0.25) is 9.59 Å². The number of hydrogen-bond acceptors (Lipinski definition) is 5. The number of methoxy groups -OCH3 is 2. The lowest BCUT2D eigenvalue weighted by atomic mass is 10.2. The second-order valence-electron chi connectivity index (χ2n) is 5.91. The molecule has 0 unspecified atom stereocenters. The second-order valence-corrected chi connectivity index (χ2v) is 5.91. The van der Waals surface area contributed by atoms with E-state index in [1.54, 1.807) is 36.3 Å². The lowest BCUT2D eigenvalue weighted by Crippen LogP contribution is -2.35. The van der Waals surface area contributed by atoms with E-state index in [1.165, 1.54) is 7.11 Å². The van der Waals surface area contributed by atoms with E-state index in [0.29, 0.717) is 31.1 Å². The molecule has 2 rings (SSSR count). The summed E-state index contributed by atoms with van der Waals surface area (Å²) in [7, 11) is 2.90. The third-order valence-corrected chi connectivity index (χ3v) is 4.02. The summed E-state index contributed by atoms with van der Waals surface area (Å²) < 4.78 is 15.4. The normalized spacial score (nSPS) is 10.3. The molecule has 0 spiro atoms. The van der Waals surface area contributed by atoms with E-state index in [-0.39, 0.29) is 24.8 Å². The van der Waals surface area contributed by atoms with E-state index in [1.807, 2.05) is 30.3 Å². The fourth-order valence-corrected chi connectivity index (χ4v) is 2.46.